The van der Waals surface area contributed by atoms with Gasteiger partial charge in [0, 0.05) is 31.5 Å². The number of hydrogen-bond donors (Lipinski definition) is 1. The van der Waals surface area contributed by atoms with Crippen LogP contribution in [0.4, 0.5) is 0 Å². The van der Waals surface area contributed by atoms with Crippen LogP contribution in [0.15, 0.2) is 18.5 Å². The maximum Gasteiger partial charge on any atom is 0.178 e. The van der Waals surface area contributed by atoms with Gasteiger partial charge in [0.1, 0.15) is 0 Å². The number of aliphatic hydroxyl groups is 1. The summed E-state index contributed by atoms with van der Waals surface area (Å²) in [5.41, 5.74) is 0.730. The number of nitrogens with zero attached hydrogens (tertiary/aromatic N) is 2. The van der Waals surface area contributed by atoms with Crippen molar-refractivity contribution >= 4 is 5.78 Å². The van der Waals surface area contributed by atoms with Gasteiger partial charge >= 0.3 is 0 Å². The molecule has 0 fully saturated rings. The number of aliphatic hydroxyl groups excluding tert-OH is 1. The van der Waals surface area contributed by atoms with Gasteiger partial charge in [-0.2, -0.15) is 0 Å². The molecule has 0 saturated carbocycles. The van der Waals surface area contributed by atoms with Gasteiger partial charge in [0.2, 0.25) is 0 Å². The monoisotopic (exact) mass is 210 g/mol. The highest BCUT2D eigenvalue weighted by Crippen LogP contribution is 2.02. The molecule has 0 bridgehead atoms. The first-order chi connectivity index (χ1) is 7.17. The van der Waals surface area contributed by atoms with Gasteiger partial charge in [-0.15, -0.1) is 0 Å². The molecule has 4 nitrogen and oxygen atoms in total. The van der Waals surface area contributed by atoms with E-state index in [0.29, 0.717) is 13.1 Å². The van der Waals surface area contributed by atoms with E-state index < -0.39 is 0 Å². The van der Waals surface area contributed by atoms with Gasteiger partial charge in [0.05, 0.1) is 13.2 Å². The fraction of sp³-hybridized carbons (Fsp3) is 0.545. The molecular weight excluding hydrogens is 192 g/mol. The minimum atomic E-state index is 0.0932. The molecule has 1 heterocycles. The Hall–Kier alpha value is -1.13. The lowest BCUT2D eigenvalue weighted by Gasteiger charge is -2.17. The van der Waals surface area contributed by atoms with Gasteiger partial charge in [-0.05, 0) is 12.6 Å². The second kappa shape index (κ2) is 5.68. The molecular formula is C11H18N2O2. The Morgan fingerprint density at radius 1 is 1.60 bits per heavy atom. The van der Waals surface area contributed by atoms with E-state index in [-0.39, 0.29) is 12.4 Å². The molecule has 0 spiro atoms. The van der Waals surface area contributed by atoms with Crippen LogP contribution in [0.1, 0.15) is 17.3 Å². The highest BCUT2D eigenvalue weighted by atomic mass is 16.3. The van der Waals surface area contributed by atoms with Crippen molar-refractivity contribution in [2.45, 2.75) is 6.92 Å². The lowest BCUT2D eigenvalue weighted by molar-refractivity contribution is 0.0919. The quantitative estimate of drug-likeness (QED) is 0.696. The number of ketones is 1. The highest BCUT2D eigenvalue weighted by Gasteiger charge is 2.11. The van der Waals surface area contributed by atoms with Crippen molar-refractivity contribution in [1.82, 2.24) is 9.47 Å². The Kier molecular flexibility index (Phi) is 4.52. The van der Waals surface area contributed by atoms with Crippen LogP contribution in [0.2, 0.25) is 0 Å². The third kappa shape index (κ3) is 3.49. The van der Waals surface area contributed by atoms with Gasteiger partial charge in [-0.25, -0.2) is 0 Å². The SMILES string of the molecule is CCN(CCO)CC(=O)c1ccn(C)c1. The summed E-state index contributed by atoms with van der Waals surface area (Å²) in [6.45, 7) is 3.78. The molecule has 0 unspecified atom stereocenters. The molecule has 0 aliphatic rings. The molecule has 1 N–H and O–H groups in total. The Balaban J connectivity index is 2.54. The normalized spacial score (nSPS) is 10.9. The van der Waals surface area contributed by atoms with Crippen molar-refractivity contribution in [2.24, 2.45) is 7.05 Å². The molecule has 1 aromatic heterocycles. The predicted molar refractivity (Wildman–Crippen MR) is 58.9 cm³/mol. The van der Waals surface area contributed by atoms with Crippen molar-refractivity contribution in [3.63, 3.8) is 0 Å². The van der Waals surface area contributed by atoms with Crippen molar-refractivity contribution in [1.29, 1.82) is 0 Å². The fourth-order valence-electron chi connectivity index (χ4n) is 1.45. The largest absolute Gasteiger partial charge is 0.395 e. The number of aryl methyl sites for hydroxylation is 1. The van der Waals surface area contributed by atoms with E-state index in [0.717, 1.165) is 12.1 Å². The van der Waals surface area contributed by atoms with Crippen molar-refractivity contribution < 1.29 is 9.90 Å². The second-order valence-corrected chi connectivity index (χ2v) is 3.58. The van der Waals surface area contributed by atoms with Crippen LogP contribution in [0.5, 0.6) is 0 Å². The summed E-state index contributed by atoms with van der Waals surface area (Å²) in [5.74, 6) is 0.103. The molecule has 0 atom stereocenters. The zero-order valence-corrected chi connectivity index (χ0v) is 9.31. The topological polar surface area (TPSA) is 45.5 Å². The number of hydrogen-bond acceptors (Lipinski definition) is 3. The van der Waals surface area contributed by atoms with E-state index in [9.17, 15) is 4.79 Å². The number of likely N-dealkylation sites (N-methyl/N-ethyl adjacent to an activating group) is 1. The average molecular weight is 210 g/mol. The molecule has 0 aliphatic carbocycles. The molecule has 84 valence electrons. The molecule has 4 heteroatoms. The van der Waals surface area contributed by atoms with E-state index in [2.05, 4.69) is 0 Å². The lowest BCUT2D eigenvalue weighted by atomic mass is 10.2. The smallest absolute Gasteiger partial charge is 0.178 e. The van der Waals surface area contributed by atoms with Gasteiger partial charge in [0.15, 0.2) is 5.78 Å². The first-order valence-corrected chi connectivity index (χ1v) is 5.15. The van der Waals surface area contributed by atoms with Gasteiger partial charge in [-0.1, -0.05) is 6.92 Å². The Bertz CT molecular complexity index is 320. The first-order valence-electron chi connectivity index (χ1n) is 5.15. The Labute approximate surface area is 90.1 Å². The van der Waals surface area contributed by atoms with Gasteiger partial charge in [-0.3, -0.25) is 9.69 Å². The molecule has 1 rings (SSSR count). The zero-order valence-electron chi connectivity index (χ0n) is 9.31. The third-order valence-electron chi connectivity index (χ3n) is 2.38. The van der Waals surface area contributed by atoms with E-state index in [1.54, 1.807) is 0 Å². The van der Waals surface area contributed by atoms with Gasteiger partial charge < -0.3 is 9.67 Å². The molecule has 0 aliphatic heterocycles. The molecule has 0 radical (unpaired) electrons. The number of carbonyl (C=O) groups is 1. The lowest BCUT2D eigenvalue weighted by Crippen LogP contribution is -2.32. The standard InChI is InChI=1S/C11H18N2O2/c1-3-13(6-7-14)9-11(15)10-4-5-12(2)8-10/h4-5,8,14H,3,6-7,9H2,1-2H3. The summed E-state index contributed by atoms with van der Waals surface area (Å²) < 4.78 is 1.86. The van der Waals surface area contributed by atoms with Crippen LogP contribution in [0.3, 0.4) is 0 Å². The zero-order chi connectivity index (χ0) is 11.3. The summed E-state index contributed by atoms with van der Waals surface area (Å²) in [6.07, 6.45) is 3.67. The molecule has 1 aromatic rings. The number of rotatable bonds is 6. The molecule has 15 heavy (non-hydrogen) atoms. The Morgan fingerprint density at radius 2 is 2.33 bits per heavy atom. The highest BCUT2D eigenvalue weighted by molar-refractivity contribution is 5.97. The van der Waals surface area contributed by atoms with Crippen molar-refractivity contribution in [3.05, 3.63) is 24.0 Å². The van der Waals surface area contributed by atoms with Crippen LogP contribution < -0.4 is 0 Å². The summed E-state index contributed by atoms with van der Waals surface area (Å²) in [4.78, 5) is 13.7. The maximum atomic E-state index is 11.8. The molecule has 0 amide bonds. The number of carbonyl (C=O) groups excluding carboxylic acids is 1. The number of Topliss-reactive ketones (excluding diaryl/α,β-unsaturated/α-hetero) is 1. The fourth-order valence-corrected chi connectivity index (χ4v) is 1.45. The van der Waals surface area contributed by atoms with Crippen LogP contribution >= 0.6 is 0 Å². The maximum absolute atomic E-state index is 11.8. The van der Waals surface area contributed by atoms with Crippen molar-refractivity contribution in [3.8, 4) is 0 Å². The minimum absolute atomic E-state index is 0.0932. The van der Waals surface area contributed by atoms with Crippen LogP contribution in [0, 0.1) is 0 Å². The predicted octanol–water partition coefficient (Wildman–Crippen LogP) is 0.522. The van der Waals surface area contributed by atoms with E-state index >= 15 is 0 Å². The van der Waals surface area contributed by atoms with Crippen LogP contribution in [-0.2, 0) is 7.05 Å². The summed E-state index contributed by atoms with van der Waals surface area (Å²) in [6, 6.07) is 1.81. The summed E-state index contributed by atoms with van der Waals surface area (Å²) in [5, 5.41) is 8.80. The number of aromatic nitrogens is 1. The third-order valence-corrected chi connectivity index (χ3v) is 2.38. The Morgan fingerprint density at radius 3 is 2.80 bits per heavy atom. The minimum Gasteiger partial charge on any atom is -0.395 e. The molecule has 0 saturated heterocycles. The van der Waals surface area contributed by atoms with Crippen LogP contribution in [0.25, 0.3) is 0 Å². The van der Waals surface area contributed by atoms with Crippen molar-refractivity contribution in [2.75, 3.05) is 26.2 Å². The summed E-state index contributed by atoms with van der Waals surface area (Å²) >= 11 is 0. The van der Waals surface area contributed by atoms with Crippen LogP contribution in [-0.4, -0.2) is 46.6 Å². The van der Waals surface area contributed by atoms with Gasteiger partial charge in [0.25, 0.3) is 0 Å². The van der Waals surface area contributed by atoms with E-state index in [4.69, 9.17) is 5.11 Å². The second-order valence-electron chi connectivity index (χ2n) is 3.58. The van der Waals surface area contributed by atoms with E-state index in [1.807, 2.05) is 41.9 Å². The first kappa shape index (κ1) is 11.9. The average Bonchev–Trinajstić information content (AvgIpc) is 2.64. The summed E-state index contributed by atoms with van der Waals surface area (Å²) in [7, 11) is 1.89. The van der Waals surface area contributed by atoms with E-state index in [1.165, 1.54) is 0 Å². The molecule has 0 aromatic carbocycles.